The van der Waals surface area contributed by atoms with Gasteiger partial charge in [-0.3, -0.25) is 4.98 Å². The van der Waals surface area contributed by atoms with Gasteiger partial charge in [-0.25, -0.2) is 4.98 Å². The third-order valence-electron chi connectivity index (χ3n) is 2.04. The number of nitrogens with zero attached hydrogens (tertiary/aromatic N) is 2. The average molecular weight is 313 g/mol. The molecule has 5 nitrogen and oxygen atoms in total. The van der Waals surface area contributed by atoms with Crippen molar-refractivity contribution in [3.63, 3.8) is 0 Å². The minimum absolute atomic E-state index is 0.00956. The van der Waals surface area contributed by atoms with Gasteiger partial charge in [-0.15, -0.1) is 0 Å². The maximum absolute atomic E-state index is 12.2. The zero-order chi connectivity index (χ0) is 14.3. The van der Waals surface area contributed by atoms with Crippen molar-refractivity contribution in [3.8, 4) is 5.75 Å². The summed E-state index contributed by atoms with van der Waals surface area (Å²) in [4.78, 5) is 7.47. The lowest BCUT2D eigenvalue weighted by Gasteiger charge is -2.10. The van der Waals surface area contributed by atoms with Gasteiger partial charge in [0.25, 0.3) is 0 Å². The summed E-state index contributed by atoms with van der Waals surface area (Å²) >= 11 is 5.59. The zero-order valence-corrected chi connectivity index (χ0v) is 10.4. The van der Waals surface area contributed by atoms with E-state index in [4.69, 9.17) is 11.6 Å². The van der Waals surface area contributed by atoms with E-state index < -0.39 is 21.4 Å². The molecule has 0 N–H and O–H groups in total. The lowest BCUT2D eigenvalue weighted by atomic mass is 10.2. The lowest BCUT2D eigenvalue weighted by Crippen LogP contribution is -2.28. The molecule has 0 aliphatic heterocycles. The highest BCUT2D eigenvalue weighted by atomic mass is 35.5. The number of hydrogen-bond acceptors (Lipinski definition) is 5. The third-order valence-corrected chi connectivity index (χ3v) is 3.21. The van der Waals surface area contributed by atoms with E-state index in [1.54, 1.807) is 0 Å². The number of alkyl halides is 3. The molecule has 102 valence electrons. The van der Waals surface area contributed by atoms with Crippen LogP contribution in [0.5, 0.6) is 5.75 Å². The van der Waals surface area contributed by atoms with E-state index in [0.29, 0.717) is 0 Å². The molecule has 0 amide bonds. The smallest absolute Gasteiger partial charge is 0.375 e. The van der Waals surface area contributed by atoms with Crippen LogP contribution in [-0.2, 0) is 10.1 Å². The number of pyridine rings is 2. The van der Waals surface area contributed by atoms with Gasteiger partial charge in [0.05, 0.1) is 11.7 Å². The number of fused-ring (bicyclic) bond motifs is 1. The molecule has 0 saturated heterocycles. The fraction of sp³-hybridized carbons (Fsp3) is 0.111. The van der Waals surface area contributed by atoms with E-state index in [-0.39, 0.29) is 16.1 Å². The second-order valence-corrected chi connectivity index (χ2v) is 5.24. The molecule has 0 fully saturated rings. The second-order valence-electron chi connectivity index (χ2n) is 3.32. The first-order valence-electron chi connectivity index (χ1n) is 4.62. The SMILES string of the molecule is O=S(=O)(Oc1ccnc2cnc(Cl)cc12)C(F)(F)F. The number of halogens is 4. The van der Waals surface area contributed by atoms with Gasteiger partial charge >= 0.3 is 15.6 Å². The summed E-state index contributed by atoms with van der Waals surface area (Å²) in [5.41, 5.74) is -5.36. The topological polar surface area (TPSA) is 69.2 Å². The molecule has 19 heavy (non-hydrogen) atoms. The molecular weight excluding hydrogens is 309 g/mol. The third kappa shape index (κ3) is 2.71. The van der Waals surface area contributed by atoms with Crippen molar-refractivity contribution in [2.75, 3.05) is 0 Å². The van der Waals surface area contributed by atoms with Gasteiger partial charge in [-0.05, 0) is 6.07 Å². The van der Waals surface area contributed by atoms with Gasteiger partial charge < -0.3 is 4.18 Å². The molecule has 10 heteroatoms. The summed E-state index contributed by atoms with van der Waals surface area (Å²) in [5, 5.41) is -0.0231. The molecule has 0 spiro atoms. The number of rotatable bonds is 2. The van der Waals surface area contributed by atoms with Gasteiger partial charge in [-0.1, -0.05) is 11.6 Å². The van der Waals surface area contributed by atoms with E-state index in [2.05, 4.69) is 14.2 Å². The van der Waals surface area contributed by atoms with Crippen molar-refractivity contribution >= 4 is 32.6 Å². The summed E-state index contributed by atoms with van der Waals surface area (Å²) in [6.07, 6.45) is 2.28. The Morgan fingerprint density at radius 3 is 2.58 bits per heavy atom. The highest BCUT2D eigenvalue weighted by Gasteiger charge is 2.48. The van der Waals surface area contributed by atoms with Gasteiger partial charge in [0.1, 0.15) is 5.15 Å². The maximum Gasteiger partial charge on any atom is 0.534 e. The Labute approximate surface area is 110 Å². The Kier molecular flexibility index (Phi) is 3.27. The zero-order valence-electron chi connectivity index (χ0n) is 8.85. The molecule has 0 radical (unpaired) electrons. The molecule has 0 aliphatic rings. The van der Waals surface area contributed by atoms with Crippen molar-refractivity contribution in [2.24, 2.45) is 0 Å². The van der Waals surface area contributed by atoms with Crippen LogP contribution >= 0.6 is 11.6 Å². The quantitative estimate of drug-likeness (QED) is 0.484. The van der Waals surface area contributed by atoms with Crippen LogP contribution in [0.3, 0.4) is 0 Å². The van der Waals surface area contributed by atoms with Gasteiger partial charge in [-0.2, -0.15) is 21.6 Å². The first-order chi connectivity index (χ1) is 8.71. The molecular formula is C9H4ClF3N2O3S. The molecule has 0 unspecified atom stereocenters. The van der Waals surface area contributed by atoms with Crippen LogP contribution in [0.2, 0.25) is 5.15 Å². The van der Waals surface area contributed by atoms with Crippen LogP contribution in [0.1, 0.15) is 0 Å². The Bertz CT molecular complexity index is 733. The Balaban J connectivity index is 2.56. The monoisotopic (exact) mass is 312 g/mol. The van der Waals surface area contributed by atoms with Crippen molar-refractivity contribution in [1.29, 1.82) is 0 Å². The lowest BCUT2D eigenvalue weighted by molar-refractivity contribution is -0.0499. The predicted molar refractivity (Wildman–Crippen MR) is 60.2 cm³/mol. The molecule has 0 aliphatic carbocycles. The second kappa shape index (κ2) is 4.49. The van der Waals surface area contributed by atoms with Crippen LogP contribution in [0.25, 0.3) is 10.9 Å². The van der Waals surface area contributed by atoms with E-state index in [1.165, 1.54) is 6.20 Å². The van der Waals surface area contributed by atoms with E-state index >= 15 is 0 Å². The Morgan fingerprint density at radius 1 is 1.26 bits per heavy atom. The van der Waals surface area contributed by atoms with Crippen molar-refractivity contribution in [2.45, 2.75) is 5.51 Å². The van der Waals surface area contributed by atoms with Crippen LogP contribution < -0.4 is 4.18 Å². The van der Waals surface area contributed by atoms with Crippen LogP contribution in [0, 0.1) is 0 Å². The van der Waals surface area contributed by atoms with Crippen molar-refractivity contribution in [3.05, 3.63) is 29.7 Å². The molecule has 2 aromatic heterocycles. The van der Waals surface area contributed by atoms with E-state index in [1.807, 2.05) is 0 Å². The average Bonchev–Trinajstić information content (AvgIpc) is 2.28. The van der Waals surface area contributed by atoms with E-state index in [9.17, 15) is 21.6 Å². The minimum Gasteiger partial charge on any atom is -0.375 e. The van der Waals surface area contributed by atoms with E-state index in [0.717, 1.165) is 18.3 Å². The summed E-state index contributed by atoms with van der Waals surface area (Å²) in [5.74, 6) is -0.522. The molecule has 2 heterocycles. The predicted octanol–water partition coefficient (Wildman–Crippen LogP) is 2.51. The summed E-state index contributed by atoms with van der Waals surface area (Å²) in [6.45, 7) is 0. The summed E-state index contributed by atoms with van der Waals surface area (Å²) in [7, 11) is -5.75. The first-order valence-corrected chi connectivity index (χ1v) is 6.40. The van der Waals surface area contributed by atoms with Gasteiger partial charge in [0.15, 0.2) is 5.75 Å². The fourth-order valence-electron chi connectivity index (χ4n) is 1.24. The van der Waals surface area contributed by atoms with Crippen LogP contribution in [-0.4, -0.2) is 23.9 Å². The maximum atomic E-state index is 12.2. The van der Waals surface area contributed by atoms with Crippen LogP contribution in [0.4, 0.5) is 13.2 Å². The molecule has 2 rings (SSSR count). The Hall–Kier alpha value is -1.61. The van der Waals surface area contributed by atoms with Crippen molar-refractivity contribution < 1.29 is 25.8 Å². The molecule has 0 bridgehead atoms. The van der Waals surface area contributed by atoms with Gasteiger partial charge in [0.2, 0.25) is 0 Å². The largest absolute Gasteiger partial charge is 0.534 e. The molecule has 0 saturated carbocycles. The molecule has 2 aromatic rings. The molecule has 0 atom stereocenters. The number of aromatic nitrogens is 2. The summed E-state index contributed by atoms with van der Waals surface area (Å²) in [6, 6.07) is 2.15. The molecule has 0 aromatic carbocycles. The summed E-state index contributed by atoms with van der Waals surface area (Å²) < 4.78 is 62.6. The number of hydrogen-bond donors (Lipinski definition) is 0. The highest BCUT2D eigenvalue weighted by molar-refractivity contribution is 7.88. The van der Waals surface area contributed by atoms with Gasteiger partial charge in [0, 0.05) is 17.6 Å². The van der Waals surface area contributed by atoms with Crippen LogP contribution in [0.15, 0.2) is 24.5 Å². The first kappa shape index (κ1) is 13.8. The highest BCUT2D eigenvalue weighted by Crippen LogP contribution is 2.31. The standard InChI is InChI=1S/C9H4ClF3N2O3S/c10-8-3-5-6(4-15-8)14-2-1-7(5)18-19(16,17)9(11,12)13/h1-4H. The normalized spacial score (nSPS) is 12.6. The fourth-order valence-corrected chi connectivity index (χ4v) is 1.87. The van der Waals surface area contributed by atoms with Crippen molar-refractivity contribution in [1.82, 2.24) is 9.97 Å². The Morgan fingerprint density at radius 2 is 1.95 bits per heavy atom. The minimum atomic E-state index is -5.75.